The van der Waals surface area contributed by atoms with E-state index in [9.17, 15) is 4.79 Å². The number of anilines is 1. The summed E-state index contributed by atoms with van der Waals surface area (Å²) in [5.74, 6) is -0.386. The number of carbonyl (C=O) groups is 1. The summed E-state index contributed by atoms with van der Waals surface area (Å²) in [5.41, 5.74) is 9.39. The zero-order chi connectivity index (χ0) is 13.1. The van der Waals surface area contributed by atoms with Crippen LogP contribution in [0.4, 0.5) is 5.00 Å². The Balaban J connectivity index is 2.47. The van der Waals surface area contributed by atoms with Gasteiger partial charge >= 0.3 is 5.97 Å². The number of esters is 1. The second kappa shape index (κ2) is 5.23. The van der Waals surface area contributed by atoms with E-state index in [4.69, 9.17) is 10.5 Å². The van der Waals surface area contributed by atoms with Gasteiger partial charge in [-0.1, -0.05) is 31.2 Å². The van der Waals surface area contributed by atoms with Crippen LogP contribution in [-0.2, 0) is 11.2 Å². The van der Waals surface area contributed by atoms with Gasteiger partial charge in [0.2, 0.25) is 0 Å². The lowest BCUT2D eigenvalue weighted by Gasteiger charge is -2.05. The van der Waals surface area contributed by atoms with Gasteiger partial charge < -0.3 is 10.5 Å². The average Bonchev–Trinajstić information content (AvgIpc) is 2.80. The number of nitrogen functional groups attached to an aromatic ring is 1. The average molecular weight is 261 g/mol. The predicted octanol–water partition coefficient (Wildman–Crippen LogP) is 3.35. The summed E-state index contributed by atoms with van der Waals surface area (Å²) in [6.07, 6.45) is 0.996. The highest BCUT2D eigenvalue weighted by atomic mass is 32.1. The molecule has 0 aliphatic rings. The number of methoxy groups -OCH3 is 1. The molecule has 18 heavy (non-hydrogen) atoms. The van der Waals surface area contributed by atoms with Crippen LogP contribution in [0, 0.1) is 0 Å². The Labute approximate surface area is 110 Å². The molecule has 1 aromatic carbocycles. The van der Waals surface area contributed by atoms with Crippen LogP contribution in [0.25, 0.3) is 11.1 Å². The fourth-order valence-electron chi connectivity index (χ4n) is 1.82. The number of hydrogen-bond donors (Lipinski definition) is 1. The molecule has 1 aromatic heterocycles. The van der Waals surface area contributed by atoms with Crippen LogP contribution in [0.5, 0.6) is 0 Å². The van der Waals surface area contributed by atoms with Crippen LogP contribution in [0.3, 0.4) is 0 Å². The zero-order valence-corrected chi connectivity index (χ0v) is 11.2. The van der Waals surface area contributed by atoms with Crippen LogP contribution in [-0.4, -0.2) is 13.1 Å². The van der Waals surface area contributed by atoms with E-state index < -0.39 is 0 Å². The Bertz CT molecular complexity index is 558. The van der Waals surface area contributed by atoms with E-state index in [1.54, 1.807) is 0 Å². The lowest BCUT2D eigenvalue weighted by Crippen LogP contribution is -2.04. The summed E-state index contributed by atoms with van der Waals surface area (Å²) in [6, 6.07) is 8.13. The first-order valence-corrected chi connectivity index (χ1v) is 6.60. The topological polar surface area (TPSA) is 52.3 Å². The third-order valence-electron chi connectivity index (χ3n) is 2.88. The molecule has 94 valence electrons. The summed E-state index contributed by atoms with van der Waals surface area (Å²) >= 11 is 1.36. The van der Waals surface area contributed by atoms with Crippen molar-refractivity contribution in [1.29, 1.82) is 0 Å². The normalized spacial score (nSPS) is 10.3. The number of benzene rings is 1. The van der Waals surface area contributed by atoms with Gasteiger partial charge in [-0.3, -0.25) is 0 Å². The largest absolute Gasteiger partial charge is 0.465 e. The molecular formula is C14H15NO2S. The fraction of sp³-hybridized carbons (Fsp3) is 0.214. The molecule has 0 aliphatic carbocycles. The number of hydrogen-bond acceptors (Lipinski definition) is 4. The maximum atomic E-state index is 11.7. The molecule has 0 bridgehead atoms. The van der Waals surface area contributed by atoms with Crippen LogP contribution in [0.15, 0.2) is 29.6 Å². The summed E-state index contributed by atoms with van der Waals surface area (Å²) in [7, 11) is 1.36. The molecule has 4 heteroatoms. The first-order chi connectivity index (χ1) is 8.67. The van der Waals surface area contributed by atoms with Crippen LogP contribution in [0.1, 0.15) is 22.8 Å². The summed E-state index contributed by atoms with van der Waals surface area (Å²) in [6.45, 7) is 2.11. The van der Waals surface area contributed by atoms with E-state index in [1.165, 1.54) is 24.0 Å². The van der Waals surface area contributed by atoms with Gasteiger partial charge in [-0.15, -0.1) is 11.3 Å². The number of rotatable bonds is 3. The molecule has 0 atom stereocenters. The highest BCUT2D eigenvalue weighted by molar-refractivity contribution is 7.14. The second-order valence-corrected chi connectivity index (χ2v) is 4.84. The van der Waals surface area contributed by atoms with E-state index in [2.05, 4.69) is 19.1 Å². The van der Waals surface area contributed by atoms with E-state index in [0.29, 0.717) is 10.6 Å². The smallest absolute Gasteiger partial charge is 0.341 e. The molecule has 0 fully saturated rings. The third kappa shape index (κ3) is 2.24. The van der Waals surface area contributed by atoms with E-state index in [1.807, 2.05) is 17.5 Å². The molecule has 3 nitrogen and oxygen atoms in total. The van der Waals surface area contributed by atoms with E-state index in [0.717, 1.165) is 17.5 Å². The molecule has 0 aliphatic heterocycles. The molecule has 0 saturated heterocycles. The second-order valence-electron chi connectivity index (χ2n) is 3.93. The molecule has 2 aromatic rings. The summed E-state index contributed by atoms with van der Waals surface area (Å²) in [5, 5.41) is 2.39. The molecule has 0 spiro atoms. The van der Waals surface area contributed by atoms with Crippen molar-refractivity contribution in [3.05, 3.63) is 40.8 Å². The van der Waals surface area contributed by atoms with Crippen LogP contribution < -0.4 is 5.73 Å². The van der Waals surface area contributed by atoms with Crippen molar-refractivity contribution in [2.24, 2.45) is 0 Å². The number of carbonyl (C=O) groups excluding carboxylic acids is 1. The highest BCUT2D eigenvalue weighted by Crippen LogP contribution is 2.34. The first kappa shape index (κ1) is 12.6. The highest BCUT2D eigenvalue weighted by Gasteiger charge is 2.18. The van der Waals surface area contributed by atoms with Gasteiger partial charge in [0, 0.05) is 10.9 Å². The van der Waals surface area contributed by atoms with Crippen molar-refractivity contribution in [3.8, 4) is 11.1 Å². The lowest BCUT2D eigenvalue weighted by molar-refractivity contribution is 0.0603. The van der Waals surface area contributed by atoms with E-state index in [-0.39, 0.29) is 5.97 Å². The van der Waals surface area contributed by atoms with Gasteiger partial charge in [0.05, 0.1) is 7.11 Å². The molecule has 1 heterocycles. The number of nitrogens with two attached hydrogens (primary N) is 1. The fourth-order valence-corrected chi connectivity index (χ4v) is 2.63. The van der Waals surface area contributed by atoms with E-state index >= 15 is 0 Å². The van der Waals surface area contributed by atoms with Crippen molar-refractivity contribution in [1.82, 2.24) is 0 Å². The Hall–Kier alpha value is -1.81. The maximum Gasteiger partial charge on any atom is 0.341 e. The Morgan fingerprint density at radius 3 is 2.56 bits per heavy atom. The number of thiophene rings is 1. The zero-order valence-electron chi connectivity index (χ0n) is 10.4. The Morgan fingerprint density at radius 2 is 2.00 bits per heavy atom. The quantitative estimate of drug-likeness (QED) is 0.862. The van der Waals surface area contributed by atoms with Gasteiger partial charge in [-0.25, -0.2) is 4.79 Å². The molecule has 0 amide bonds. The standard InChI is InChI=1S/C14H15NO2S/c1-3-9-4-6-10(7-5-9)11-8-18-13(15)12(11)14(16)17-2/h4-8H,3,15H2,1-2H3. The van der Waals surface area contributed by atoms with Gasteiger partial charge in [-0.2, -0.15) is 0 Å². The minimum absolute atomic E-state index is 0.386. The van der Waals surface area contributed by atoms with Crippen molar-refractivity contribution in [3.63, 3.8) is 0 Å². The Kier molecular flexibility index (Phi) is 3.67. The van der Waals surface area contributed by atoms with Crippen LogP contribution in [0.2, 0.25) is 0 Å². The maximum absolute atomic E-state index is 11.7. The Morgan fingerprint density at radius 1 is 1.33 bits per heavy atom. The summed E-state index contributed by atoms with van der Waals surface area (Å²) in [4.78, 5) is 11.7. The van der Waals surface area contributed by atoms with Gasteiger partial charge in [-0.05, 0) is 17.5 Å². The van der Waals surface area contributed by atoms with Crippen LogP contribution >= 0.6 is 11.3 Å². The number of ether oxygens (including phenoxy) is 1. The molecular weight excluding hydrogens is 246 g/mol. The minimum atomic E-state index is -0.386. The summed E-state index contributed by atoms with van der Waals surface area (Å²) < 4.78 is 4.77. The van der Waals surface area contributed by atoms with Gasteiger partial charge in [0.1, 0.15) is 10.6 Å². The predicted molar refractivity (Wildman–Crippen MR) is 74.9 cm³/mol. The molecule has 2 rings (SSSR count). The van der Waals surface area contributed by atoms with Crippen molar-refractivity contribution < 1.29 is 9.53 Å². The van der Waals surface area contributed by atoms with Crippen molar-refractivity contribution in [2.45, 2.75) is 13.3 Å². The van der Waals surface area contributed by atoms with Crippen molar-refractivity contribution in [2.75, 3.05) is 12.8 Å². The molecule has 0 saturated carbocycles. The molecule has 0 unspecified atom stereocenters. The monoisotopic (exact) mass is 261 g/mol. The lowest BCUT2D eigenvalue weighted by atomic mass is 10.0. The van der Waals surface area contributed by atoms with Crippen molar-refractivity contribution >= 4 is 22.3 Å². The third-order valence-corrected chi connectivity index (χ3v) is 3.69. The molecule has 0 radical (unpaired) electrons. The number of aryl methyl sites for hydroxylation is 1. The van der Waals surface area contributed by atoms with Gasteiger partial charge in [0.25, 0.3) is 0 Å². The first-order valence-electron chi connectivity index (χ1n) is 5.72. The SMILES string of the molecule is CCc1ccc(-c2csc(N)c2C(=O)OC)cc1. The molecule has 2 N–H and O–H groups in total. The minimum Gasteiger partial charge on any atom is -0.465 e. The van der Waals surface area contributed by atoms with Gasteiger partial charge in [0.15, 0.2) is 0 Å².